The molecule has 4 atom stereocenters. The molecule has 0 saturated heterocycles. The van der Waals surface area contributed by atoms with Gasteiger partial charge in [-0.15, -0.1) is 0 Å². The first-order chi connectivity index (χ1) is 18.1. The first-order valence-electron chi connectivity index (χ1n) is 14.4. The summed E-state index contributed by atoms with van der Waals surface area (Å²) < 4.78 is 0. The Bertz CT molecular complexity index is 1310. The Kier molecular flexibility index (Phi) is 7.29. The number of ketones is 3. The van der Waals surface area contributed by atoms with E-state index in [0.29, 0.717) is 17.9 Å². The van der Waals surface area contributed by atoms with Crippen LogP contribution in [0.5, 0.6) is 5.75 Å². The standard InChI is InChI=1S/C33H44O6/c1-9-20(10-2)11-12-21-13-14-23(35)25-22(21)15-31(7)16-32(8)26(17(3)4)18(5)24(19(6)34)29(37)33(32,39)30(38)27(31)28(25)36/h13-14,17,20,26,35-36,39H,9-12,15-16H2,1-8H3/t26-,31+,32+,33-/m1/s1. The maximum atomic E-state index is 14.4. The molecule has 3 aliphatic rings. The molecule has 212 valence electrons. The van der Waals surface area contributed by atoms with Crippen LogP contribution in [0, 0.1) is 28.6 Å². The van der Waals surface area contributed by atoms with Gasteiger partial charge in [-0.2, -0.15) is 0 Å². The van der Waals surface area contributed by atoms with Gasteiger partial charge in [0.15, 0.2) is 11.4 Å². The van der Waals surface area contributed by atoms with Crippen molar-refractivity contribution in [1.29, 1.82) is 0 Å². The fourth-order valence-electron chi connectivity index (χ4n) is 8.60. The minimum atomic E-state index is -2.49. The van der Waals surface area contributed by atoms with E-state index in [1.807, 2.05) is 26.8 Å². The van der Waals surface area contributed by atoms with Gasteiger partial charge in [0.05, 0.1) is 11.1 Å². The zero-order valence-corrected chi connectivity index (χ0v) is 24.7. The van der Waals surface area contributed by atoms with Gasteiger partial charge in [0.1, 0.15) is 11.5 Å². The molecule has 0 radical (unpaired) electrons. The van der Waals surface area contributed by atoms with Gasteiger partial charge in [-0.25, -0.2) is 0 Å². The highest BCUT2D eigenvalue weighted by Gasteiger charge is 2.71. The maximum absolute atomic E-state index is 14.4. The second kappa shape index (κ2) is 9.72. The van der Waals surface area contributed by atoms with Crippen molar-refractivity contribution in [2.24, 2.45) is 28.6 Å². The van der Waals surface area contributed by atoms with Crippen LogP contribution >= 0.6 is 0 Å². The summed E-state index contributed by atoms with van der Waals surface area (Å²) in [4.78, 5) is 40.9. The predicted octanol–water partition coefficient (Wildman–Crippen LogP) is 6.06. The molecule has 6 nitrogen and oxygen atoms in total. The molecule has 0 aliphatic heterocycles. The Morgan fingerprint density at radius 2 is 1.69 bits per heavy atom. The fourth-order valence-corrected chi connectivity index (χ4v) is 8.60. The van der Waals surface area contributed by atoms with Gasteiger partial charge in [-0.05, 0) is 74.5 Å². The minimum absolute atomic E-state index is 0.0271. The summed E-state index contributed by atoms with van der Waals surface area (Å²) in [6.07, 6.45) is 4.59. The molecule has 1 saturated carbocycles. The number of aliphatic hydroxyl groups excluding tert-OH is 1. The molecule has 0 heterocycles. The lowest BCUT2D eigenvalue weighted by molar-refractivity contribution is -0.180. The number of Topliss-reactive ketones (excluding diaryl/α,β-unsaturated/α-hetero) is 3. The predicted molar refractivity (Wildman–Crippen MR) is 151 cm³/mol. The molecule has 1 aromatic carbocycles. The third kappa shape index (κ3) is 3.96. The summed E-state index contributed by atoms with van der Waals surface area (Å²) in [6, 6.07) is 3.46. The largest absolute Gasteiger partial charge is 0.507 e. The van der Waals surface area contributed by atoms with Crippen molar-refractivity contribution in [3.05, 3.63) is 45.5 Å². The third-order valence-electron chi connectivity index (χ3n) is 10.3. The van der Waals surface area contributed by atoms with Crippen LogP contribution in [0.2, 0.25) is 0 Å². The smallest absolute Gasteiger partial charge is 0.206 e. The number of hydrogen-bond donors (Lipinski definition) is 3. The van der Waals surface area contributed by atoms with Crippen LogP contribution in [0.1, 0.15) is 97.8 Å². The van der Waals surface area contributed by atoms with E-state index in [1.165, 1.54) is 6.92 Å². The van der Waals surface area contributed by atoms with Crippen LogP contribution in [0.15, 0.2) is 28.9 Å². The number of benzene rings is 1. The zero-order valence-electron chi connectivity index (χ0n) is 24.7. The van der Waals surface area contributed by atoms with Gasteiger partial charge < -0.3 is 15.3 Å². The summed E-state index contributed by atoms with van der Waals surface area (Å²) >= 11 is 0. The molecule has 0 unspecified atom stereocenters. The van der Waals surface area contributed by atoms with Crippen LogP contribution in [-0.4, -0.2) is 38.3 Å². The zero-order chi connectivity index (χ0) is 29.2. The number of aromatic hydroxyl groups is 1. The van der Waals surface area contributed by atoms with Crippen molar-refractivity contribution in [2.45, 2.75) is 99.5 Å². The number of aryl methyl sites for hydroxylation is 1. The first-order valence-corrected chi connectivity index (χ1v) is 14.4. The molecule has 6 heteroatoms. The van der Waals surface area contributed by atoms with Gasteiger partial charge in [0.2, 0.25) is 11.6 Å². The van der Waals surface area contributed by atoms with Crippen LogP contribution in [0.3, 0.4) is 0 Å². The highest BCUT2D eigenvalue weighted by Crippen LogP contribution is 2.65. The molecule has 0 aromatic heterocycles. The van der Waals surface area contributed by atoms with Gasteiger partial charge in [0.25, 0.3) is 0 Å². The van der Waals surface area contributed by atoms with Crippen LogP contribution in [-0.2, 0) is 27.2 Å². The van der Waals surface area contributed by atoms with Crippen molar-refractivity contribution in [1.82, 2.24) is 0 Å². The topological polar surface area (TPSA) is 112 Å². The van der Waals surface area contributed by atoms with E-state index < -0.39 is 39.7 Å². The second-order valence-electron chi connectivity index (χ2n) is 13.1. The average molecular weight is 537 g/mol. The number of rotatable bonds is 7. The molecule has 1 aromatic rings. The molecule has 0 bridgehead atoms. The van der Waals surface area contributed by atoms with Crippen LogP contribution in [0.4, 0.5) is 0 Å². The molecule has 1 fully saturated rings. The van der Waals surface area contributed by atoms with Crippen molar-refractivity contribution in [3.63, 3.8) is 0 Å². The van der Waals surface area contributed by atoms with E-state index in [9.17, 15) is 29.7 Å². The molecule has 3 aliphatic carbocycles. The van der Waals surface area contributed by atoms with E-state index in [-0.39, 0.29) is 40.6 Å². The second-order valence-corrected chi connectivity index (χ2v) is 13.1. The van der Waals surface area contributed by atoms with Crippen molar-refractivity contribution >= 4 is 23.1 Å². The summed E-state index contributed by atoms with van der Waals surface area (Å²) in [5, 5.41) is 34.7. The Hall–Kier alpha value is -2.73. The minimum Gasteiger partial charge on any atom is -0.507 e. The van der Waals surface area contributed by atoms with E-state index in [0.717, 1.165) is 36.8 Å². The number of phenolic OH excluding ortho intramolecular Hbond substituents is 1. The summed E-state index contributed by atoms with van der Waals surface area (Å²) in [5.41, 5.74) is -2.02. The number of carbonyl (C=O) groups excluding carboxylic acids is 3. The Labute approximate surface area is 232 Å². The molecule has 4 rings (SSSR count). The van der Waals surface area contributed by atoms with Crippen molar-refractivity contribution in [2.75, 3.05) is 0 Å². The Morgan fingerprint density at radius 3 is 2.23 bits per heavy atom. The van der Waals surface area contributed by atoms with Crippen LogP contribution < -0.4 is 0 Å². The lowest BCUT2D eigenvalue weighted by Crippen LogP contribution is -2.70. The van der Waals surface area contributed by atoms with Crippen molar-refractivity contribution in [3.8, 4) is 5.75 Å². The summed E-state index contributed by atoms with van der Waals surface area (Å²) in [7, 11) is 0. The summed E-state index contributed by atoms with van der Waals surface area (Å²) in [5.74, 6) is -2.61. The lowest BCUT2D eigenvalue weighted by atomic mass is 9.42. The molecule has 3 N–H and O–H groups in total. The molecular weight excluding hydrogens is 492 g/mol. The monoisotopic (exact) mass is 536 g/mol. The number of carbonyl (C=O) groups is 3. The number of hydrogen-bond acceptors (Lipinski definition) is 6. The number of aliphatic hydroxyl groups is 2. The third-order valence-corrected chi connectivity index (χ3v) is 10.3. The molecule has 39 heavy (non-hydrogen) atoms. The van der Waals surface area contributed by atoms with Gasteiger partial charge in [0, 0.05) is 16.4 Å². The quantitative estimate of drug-likeness (QED) is 0.288. The van der Waals surface area contributed by atoms with E-state index in [2.05, 4.69) is 13.8 Å². The number of allylic oxidation sites excluding steroid dienone is 1. The van der Waals surface area contributed by atoms with Crippen molar-refractivity contribution < 1.29 is 29.7 Å². The van der Waals surface area contributed by atoms with Gasteiger partial charge in [-0.1, -0.05) is 66.0 Å². The van der Waals surface area contributed by atoms with Gasteiger partial charge in [-0.3, -0.25) is 14.4 Å². The van der Waals surface area contributed by atoms with Crippen LogP contribution in [0.25, 0.3) is 5.76 Å². The highest BCUT2D eigenvalue weighted by molar-refractivity contribution is 6.33. The maximum Gasteiger partial charge on any atom is 0.206 e. The summed E-state index contributed by atoms with van der Waals surface area (Å²) in [6.45, 7) is 15.1. The molecule has 0 spiro atoms. The fraction of sp³-hybridized carbons (Fsp3) is 0.606. The van der Waals surface area contributed by atoms with E-state index in [1.54, 1.807) is 19.9 Å². The molecule has 0 amide bonds. The average Bonchev–Trinajstić information content (AvgIpc) is 2.82. The van der Waals surface area contributed by atoms with E-state index >= 15 is 0 Å². The van der Waals surface area contributed by atoms with Gasteiger partial charge >= 0.3 is 0 Å². The van der Waals surface area contributed by atoms with E-state index in [4.69, 9.17) is 0 Å². The Balaban J connectivity index is 1.96. The number of phenols is 1. The lowest BCUT2D eigenvalue weighted by Gasteiger charge is -2.60. The highest BCUT2D eigenvalue weighted by atomic mass is 16.3. The molecular formula is C33H44O6. The SMILES string of the molecule is CCC(CC)CCc1ccc(O)c2c1C[C@@]1(C)C[C@@]3(C)[C@H](C(C)C)C(C)=C(C(C)=O)C(=O)[C@@]3(O)C(=O)C1=C2O. The normalized spacial score (nSPS) is 30.6. The first kappa shape index (κ1) is 29.3. The Morgan fingerprint density at radius 1 is 1.08 bits per heavy atom. The number of fused-ring (bicyclic) bond motifs is 3.